The van der Waals surface area contributed by atoms with Crippen LogP contribution in [0, 0.1) is 6.92 Å². The Morgan fingerprint density at radius 2 is 1.97 bits per heavy atom. The summed E-state index contributed by atoms with van der Waals surface area (Å²) in [4.78, 5) is 28.1. The van der Waals surface area contributed by atoms with Crippen molar-refractivity contribution in [2.24, 2.45) is 0 Å². The largest absolute Gasteiger partial charge is 0.483 e. The number of carbonyl (C=O) groups is 1. The molecule has 3 rings (SSSR count). The third-order valence-electron chi connectivity index (χ3n) is 4.62. The summed E-state index contributed by atoms with van der Waals surface area (Å²) in [5.74, 6) is -0.228. The van der Waals surface area contributed by atoms with Gasteiger partial charge in [0, 0.05) is 35.9 Å². The zero-order valence-corrected chi connectivity index (χ0v) is 16.5. The summed E-state index contributed by atoms with van der Waals surface area (Å²) in [6, 6.07) is 9.71. The molecule has 0 fully saturated rings. The topological polar surface area (TPSA) is 69.4 Å². The normalized spacial score (nSPS) is 12.7. The lowest BCUT2D eigenvalue weighted by Gasteiger charge is -2.12. The molecule has 0 spiro atoms. The number of alkyl halides is 3. The Hall–Kier alpha value is -3.16. The molecule has 5 nitrogen and oxygen atoms in total. The maximum Gasteiger partial charge on any atom is 0.422 e. The lowest BCUT2D eigenvalue weighted by atomic mass is 9.96. The van der Waals surface area contributed by atoms with Crippen LogP contribution in [0.2, 0.25) is 0 Å². The van der Waals surface area contributed by atoms with Gasteiger partial charge in [-0.15, -0.1) is 0 Å². The Labute approximate surface area is 170 Å². The van der Waals surface area contributed by atoms with Crippen molar-refractivity contribution in [3.8, 4) is 5.75 Å². The minimum absolute atomic E-state index is 0.0163. The monoisotopic (exact) mass is 419 g/mol. The first-order chi connectivity index (χ1) is 14.1. The van der Waals surface area contributed by atoms with Crippen LogP contribution >= 0.6 is 0 Å². The first kappa shape index (κ1) is 21.5. The summed E-state index contributed by atoms with van der Waals surface area (Å²) in [7, 11) is 0. The highest BCUT2D eigenvalue weighted by Crippen LogP contribution is 2.23. The maximum absolute atomic E-state index is 12.5. The highest BCUT2D eigenvalue weighted by molar-refractivity contribution is 5.85. The molecule has 30 heavy (non-hydrogen) atoms. The van der Waals surface area contributed by atoms with E-state index < -0.39 is 18.4 Å². The Kier molecular flexibility index (Phi) is 6.24. The number of hydrogen-bond acceptors (Lipinski definition) is 5. The second-order valence-electron chi connectivity index (χ2n) is 7.22. The number of nitrogens with zero attached hydrogens (tertiary/aromatic N) is 1. The van der Waals surface area contributed by atoms with E-state index in [2.05, 4.69) is 9.72 Å². The van der Waals surface area contributed by atoms with Gasteiger partial charge >= 0.3 is 11.8 Å². The molecule has 0 bridgehead atoms. The van der Waals surface area contributed by atoms with Gasteiger partial charge in [-0.3, -0.25) is 9.78 Å². The standard InChI is InChI=1S/C22H20F3NO4/c1-13-8-21(28)30-20-10-15(3-5-18(13)20)9-16(27)7-14(2)19-6-4-17(11-26-19)29-12-22(23,24)25/h3-6,8,10-11,14H,7,9,12H2,1-2H3/t14-/m0/s1. The summed E-state index contributed by atoms with van der Waals surface area (Å²) in [6.07, 6.45) is -2.81. The number of ketones is 1. The molecule has 2 heterocycles. The highest BCUT2D eigenvalue weighted by Gasteiger charge is 2.28. The molecule has 0 aliphatic carbocycles. The number of fused-ring (bicyclic) bond motifs is 1. The number of hydrogen-bond donors (Lipinski definition) is 0. The van der Waals surface area contributed by atoms with Gasteiger partial charge < -0.3 is 9.15 Å². The third kappa shape index (κ3) is 5.68. The molecule has 1 atom stereocenters. The average molecular weight is 419 g/mol. The molecule has 0 aliphatic heterocycles. The van der Waals surface area contributed by atoms with E-state index in [1.807, 2.05) is 26.0 Å². The van der Waals surface area contributed by atoms with Crippen LogP contribution in [-0.4, -0.2) is 23.6 Å². The maximum atomic E-state index is 12.5. The number of pyridine rings is 1. The number of rotatable bonds is 7. The molecule has 0 unspecified atom stereocenters. The van der Waals surface area contributed by atoms with Gasteiger partial charge in [0.05, 0.1) is 6.20 Å². The quantitative estimate of drug-likeness (QED) is 0.517. The van der Waals surface area contributed by atoms with Crippen molar-refractivity contribution in [3.05, 3.63) is 69.8 Å². The van der Waals surface area contributed by atoms with Gasteiger partial charge in [-0.05, 0) is 36.2 Å². The zero-order valence-electron chi connectivity index (χ0n) is 16.5. The Morgan fingerprint density at radius 3 is 2.63 bits per heavy atom. The van der Waals surface area contributed by atoms with Gasteiger partial charge in [0.25, 0.3) is 0 Å². The first-order valence-electron chi connectivity index (χ1n) is 9.31. The molecule has 0 N–H and O–H groups in total. The number of aromatic nitrogens is 1. The zero-order chi connectivity index (χ0) is 21.9. The molecule has 0 radical (unpaired) electrons. The van der Waals surface area contributed by atoms with Gasteiger partial charge in [-0.1, -0.05) is 19.1 Å². The van der Waals surface area contributed by atoms with E-state index in [4.69, 9.17) is 4.42 Å². The predicted octanol–water partition coefficient (Wildman–Crippen LogP) is 4.74. The molecule has 0 amide bonds. The first-order valence-corrected chi connectivity index (χ1v) is 9.31. The smallest absolute Gasteiger partial charge is 0.422 e. The summed E-state index contributed by atoms with van der Waals surface area (Å²) < 4.78 is 46.4. The molecule has 0 saturated heterocycles. The van der Waals surface area contributed by atoms with Crippen molar-refractivity contribution in [1.82, 2.24) is 4.98 Å². The van der Waals surface area contributed by atoms with E-state index in [-0.39, 0.29) is 30.3 Å². The van der Waals surface area contributed by atoms with Crippen LogP contribution in [0.25, 0.3) is 11.0 Å². The second kappa shape index (κ2) is 8.69. The molecule has 0 aliphatic rings. The summed E-state index contributed by atoms with van der Waals surface area (Å²) >= 11 is 0. The van der Waals surface area contributed by atoms with Crippen molar-refractivity contribution in [2.45, 2.75) is 38.8 Å². The fraction of sp³-hybridized carbons (Fsp3) is 0.318. The third-order valence-corrected chi connectivity index (χ3v) is 4.62. The Morgan fingerprint density at radius 1 is 1.20 bits per heavy atom. The second-order valence-corrected chi connectivity index (χ2v) is 7.22. The van der Waals surface area contributed by atoms with E-state index in [0.717, 1.165) is 16.5 Å². The fourth-order valence-electron chi connectivity index (χ4n) is 3.16. The molecule has 1 aromatic carbocycles. The van der Waals surface area contributed by atoms with Gasteiger partial charge in [-0.2, -0.15) is 13.2 Å². The molecule has 3 aromatic rings. The average Bonchev–Trinajstić information content (AvgIpc) is 2.65. The predicted molar refractivity (Wildman–Crippen MR) is 105 cm³/mol. The van der Waals surface area contributed by atoms with Gasteiger partial charge in [0.2, 0.25) is 0 Å². The Bertz CT molecular complexity index is 1100. The summed E-state index contributed by atoms with van der Waals surface area (Å²) in [5.41, 5.74) is 2.13. The van der Waals surface area contributed by atoms with Gasteiger partial charge in [-0.25, -0.2) is 4.79 Å². The van der Waals surface area contributed by atoms with Crippen LogP contribution in [0.1, 0.15) is 36.1 Å². The van der Waals surface area contributed by atoms with Gasteiger partial charge in [0.15, 0.2) is 6.61 Å². The lowest BCUT2D eigenvalue weighted by Crippen LogP contribution is -2.19. The number of ether oxygens (including phenoxy) is 1. The molecular formula is C22H20F3NO4. The Balaban J connectivity index is 1.61. The van der Waals surface area contributed by atoms with E-state index in [0.29, 0.717) is 11.3 Å². The number of benzene rings is 1. The highest BCUT2D eigenvalue weighted by atomic mass is 19.4. The van der Waals surface area contributed by atoms with Crippen molar-refractivity contribution in [2.75, 3.05) is 6.61 Å². The van der Waals surface area contributed by atoms with E-state index in [1.54, 1.807) is 12.1 Å². The van der Waals surface area contributed by atoms with Gasteiger partial charge in [0.1, 0.15) is 17.1 Å². The van der Waals surface area contributed by atoms with Crippen LogP contribution in [0.4, 0.5) is 13.2 Å². The molecular weight excluding hydrogens is 399 g/mol. The van der Waals surface area contributed by atoms with Crippen LogP contribution in [0.5, 0.6) is 5.75 Å². The molecule has 0 saturated carbocycles. The molecule has 158 valence electrons. The van der Waals surface area contributed by atoms with Crippen molar-refractivity contribution in [3.63, 3.8) is 0 Å². The van der Waals surface area contributed by atoms with Crippen LogP contribution in [-0.2, 0) is 11.2 Å². The molecule has 2 aromatic heterocycles. The van der Waals surface area contributed by atoms with Crippen LogP contribution < -0.4 is 10.4 Å². The van der Waals surface area contributed by atoms with E-state index in [9.17, 15) is 22.8 Å². The molecule has 8 heteroatoms. The minimum Gasteiger partial charge on any atom is -0.483 e. The van der Waals surface area contributed by atoms with E-state index in [1.165, 1.54) is 18.3 Å². The number of aryl methyl sites for hydroxylation is 1. The number of carbonyl (C=O) groups excluding carboxylic acids is 1. The lowest BCUT2D eigenvalue weighted by molar-refractivity contribution is -0.153. The van der Waals surface area contributed by atoms with Crippen LogP contribution in [0.15, 0.2) is 51.8 Å². The SMILES string of the molecule is Cc1cc(=O)oc2cc(CC(=O)C[C@H](C)c3ccc(OCC(F)(F)F)cn3)ccc12. The van der Waals surface area contributed by atoms with Crippen LogP contribution in [0.3, 0.4) is 0 Å². The number of halogens is 3. The fourth-order valence-corrected chi connectivity index (χ4v) is 3.16. The van der Waals surface area contributed by atoms with E-state index >= 15 is 0 Å². The van der Waals surface area contributed by atoms with Crippen molar-refractivity contribution >= 4 is 16.8 Å². The number of Topliss-reactive ketones (excluding diaryl/α,β-unsaturated/α-hetero) is 1. The minimum atomic E-state index is -4.41. The van der Waals surface area contributed by atoms with Crippen molar-refractivity contribution in [1.29, 1.82) is 0 Å². The summed E-state index contributed by atoms with van der Waals surface area (Å²) in [6.45, 7) is 2.25. The summed E-state index contributed by atoms with van der Waals surface area (Å²) in [5, 5.41) is 0.816. The van der Waals surface area contributed by atoms with Crippen molar-refractivity contribution < 1.29 is 27.1 Å².